The van der Waals surface area contributed by atoms with Gasteiger partial charge in [0.05, 0.1) is 18.5 Å². The summed E-state index contributed by atoms with van der Waals surface area (Å²) < 4.78 is 5.55. The van der Waals surface area contributed by atoms with Gasteiger partial charge in [0, 0.05) is 25.2 Å². The lowest BCUT2D eigenvalue weighted by molar-refractivity contribution is 0.226. The molecule has 0 aromatic heterocycles. The number of methoxy groups -OCH3 is 1. The molecule has 2 aromatic rings. The Bertz CT molecular complexity index is 750. The number of ether oxygens (including phenoxy) is 1. The van der Waals surface area contributed by atoms with Crippen molar-refractivity contribution < 1.29 is 9.53 Å². The van der Waals surface area contributed by atoms with Crippen molar-refractivity contribution in [2.75, 3.05) is 26.1 Å². The highest BCUT2D eigenvalue weighted by Crippen LogP contribution is 2.40. The van der Waals surface area contributed by atoms with Gasteiger partial charge in [0.15, 0.2) is 0 Å². The Hall–Kier alpha value is -2.75. The number of hydrogen-bond acceptors (Lipinski definition) is 2. The number of anilines is 2. The Kier molecular flexibility index (Phi) is 3.59. The van der Waals surface area contributed by atoms with Crippen LogP contribution in [0.1, 0.15) is 11.1 Å². The monoisotopic (exact) mass is 294 g/mol. The van der Waals surface area contributed by atoms with E-state index >= 15 is 0 Å². The van der Waals surface area contributed by atoms with E-state index < -0.39 is 0 Å². The topological polar surface area (TPSA) is 32.8 Å². The van der Waals surface area contributed by atoms with Gasteiger partial charge < -0.3 is 9.64 Å². The summed E-state index contributed by atoms with van der Waals surface area (Å²) in [5, 5.41) is 0. The lowest BCUT2D eigenvalue weighted by Gasteiger charge is -2.27. The van der Waals surface area contributed by atoms with Gasteiger partial charge in [0.1, 0.15) is 5.76 Å². The lowest BCUT2D eigenvalue weighted by Crippen LogP contribution is -2.36. The van der Waals surface area contributed by atoms with E-state index in [4.69, 9.17) is 4.74 Å². The molecule has 0 radical (unpaired) electrons. The number of urea groups is 1. The fourth-order valence-corrected chi connectivity index (χ4v) is 2.61. The molecule has 0 saturated carbocycles. The molecule has 2 aromatic carbocycles. The van der Waals surface area contributed by atoms with Gasteiger partial charge in [-0.3, -0.25) is 4.90 Å². The summed E-state index contributed by atoms with van der Waals surface area (Å²) in [5.74, 6) is 0.747. The summed E-state index contributed by atoms with van der Waals surface area (Å²) in [6.07, 6.45) is 1.97. The fourth-order valence-electron chi connectivity index (χ4n) is 2.61. The smallest absolute Gasteiger partial charge is 0.328 e. The van der Waals surface area contributed by atoms with E-state index in [1.54, 1.807) is 31.0 Å². The van der Waals surface area contributed by atoms with Crippen LogP contribution in [0.4, 0.5) is 16.2 Å². The van der Waals surface area contributed by atoms with Crippen molar-refractivity contribution in [2.45, 2.75) is 0 Å². The molecule has 22 heavy (non-hydrogen) atoms. The van der Waals surface area contributed by atoms with E-state index in [2.05, 4.69) is 0 Å². The Morgan fingerprint density at radius 3 is 2.32 bits per heavy atom. The molecule has 112 valence electrons. The maximum absolute atomic E-state index is 12.8. The maximum Gasteiger partial charge on any atom is 0.328 e. The van der Waals surface area contributed by atoms with E-state index in [0.717, 1.165) is 28.3 Å². The van der Waals surface area contributed by atoms with Crippen LogP contribution in [-0.2, 0) is 4.74 Å². The quantitative estimate of drug-likeness (QED) is 0.797. The van der Waals surface area contributed by atoms with Gasteiger partial charge >= 0.3 is 6.03 Å². The predicted octanol–water partition coefficient (Wildman–Crippen LogP) is 3.96. The average molecular weight is 294 g/mol. The number of fused-ring (bicyclic) bond motifs is 2. The second-order valence-corrected chi connectivity index (χ2v) is 5.30. The number of rotatable bonds is 1. The number of benzene rings is 2. The van der Waals surface area contributed by atoms with Crippen molar-refractivity contribution in [3.05, 3.63) is 59.7 Å². The standard InChI is InChI=1S/C18H18N2O2/c1-19(2)18(21)20-15-10-6-4-8-13(15)12-17(22-3)14-9-5-7-11-16(14)20/h4-12H,1-3H3. The summed E-state index contributed by atoms with van der Waals surface area (Å²) in [4.78, 5) is 16.1. The minimum absolute atomic E-state index is 0.0920. The Morgan fingerprint density at radius 1 is 1.00 bits per heavy atom. The molecule has 4 heteroatoms. The second kappa shape index (κ2) is 5.56. The number of hydrogen-bond donors (Lipinski definition) is 0. The predicted molar refractivity (Wildman–Crippen MR) is 89.0 cm³/mol. The van der Waals surface area contributed by atoms with Crippen molar-refractivity contribution in [2.24, 2.45) is 0 Å². The van der Waals surface area contributed by atoms with Gasteiger partial charge in [-0.05, 0) is 24.3 Å². The van der Waals surface area contributed by atoms with Crippen LogP contribution in [0.3, 0.4) is 0 Å². The molecule has 3 rings (SSSR count). The van der Waals surface area contributed by atoms with Gasteiger partial charge in [-0.1, -0.05) is 30.3 Å². The van der Waals surface area contributed by atoms with Gasteiger partial charge in [-0.15, -0.1) is 0 Å². The molecule has 0 bridgehead atoms. The summed E-state index contributed by atoms with van der Waals surface area (Å²) in [6, 6.07) is 15.5. The Balaban J connectivity index is 2.32. The highest BCUT2D eigenvalue weighted by atomic mass is 16.5. The Morgan fingerprint density at radius 2 is 1.64 bits per heavy atom. The minimum Gasteiger partial charge on any atom is -0.496 e. The third-order valence-electron chi connectivity index (χ3n) is 3.67. The molecule has 0 spiro atoms. The van der Waals surface area contributed by atoms with Crippen molar-refractivity contribution in [1.82, 2.24) is 4.90 Å². The number of para-hydroxylation sites is 2. The molecule has 2 amide bonds. The average Bonchev–Trinajstić information content (AvgIpc) is 2.68. The van der Waals surface area contributed by atoms with Crippen LogP contribution in [0.2, 0.25) is 0 Å². The zero-order valence-electron chi connectivity index (χ0n) is 12.9. The molecule has 1 heterocycles. The summed E-state index contributed by atoms with van der Waals surface area (Å²) in [5.41, 5.74) is 3.52. The molecule has 1 aliphatic rings. The molecular formula is C18H18N2O2. The van der Waals surface area contributed by atoms with Crippen molar-refractivity contribution in [3.63, 3.8) is 0 Å². The summed E-state index contributed by atoms with van der Waals surface area (Å²) in [7, 11) is 5.15. The SMILES string of the molecule is COC1=Cc2ccccc2N(C(=O)N(C)C)c2ccccc21. The van der Waals surface area contributed by atoms with E-state index in [-0.39, 0.29) is 6.03 Å². The largest absolute Gasteiger partial charge is 0.496 e. The first-order valence-electron chi connectivity index (χ1n) is 7.09. The zero-order chi connectivity index (χ0) is 15.7. The van der Waals surface area contributed by atoms with E-state index in [0.29, 0.717) is 0 Å². The first-order valence-corrected chi connectivity index (χ1v) is 7.09. The van der Waals surface area contributed by atoms with Crippen LogP contribution in [0.25, 0.3) is 11.8 Å². The molecular weight excluding hydrogens is 276 g/mol. The van der Waals surface area contributed by atoms with Gasteiger partial charge in [0.25, 0.3) is 0 Å². The molecule has 0 atom stereocenters. The highest BCUT2D eigenvalue weighted by molar-refractivity contribution is 6.06. The number of nitrogens with zero attached hydrogens (tertiary/aromatic N) is 2. The lowest BCUT2D eigenvalue weighted by atomic mass is 10.1. The van der Waals surface area contributed by atoms with E-state index in [9.17, 15) is 4.79 Å². The first-order chi connectivity index (χ1) is 10.6. The summed E-state index contributed by atoms with van der Waals surface area (Å²) in [6.45, 7) is 0. The molecule has 1 aliphatic heterocycles. The molecule has 0 saturated heterocycles. The maximum atomic E-state index is 12.8. The third-order valence-corrected chi connectivity index (χ3v) is 3.67. The van der Waals surface area contributed by atoms with Crippen molar-refractivity contribution in [1.29, 1.82) is 0 Å². The van der Waals surface area contributed by atoms with Crippen molar-refractivity contribution in [3.8, 4) is 0 Å². The van der Waals surface area contributed by atoms with Gasteiger partial charge in [0.2, 0.25) is 0 Å². The van der Waals surface area contributed by atoms with Crippen LogP contribution in [0.5, 0.6) is 0 Å². The fraction of sp³-hybridized carbons (Fsp3) is 0.167. The molecule has 0 fully saturated rings. The summed E-state index contributed by atoms with van der Waals surface area (Å²) >= 11 is 0. The number of carbonyl (C=O) groups excluding carboxylic acids is 1. The Labute approximate surface area is 130 Å². The molecule has 0 unspecified atom stereocenters. The van der Waals surface area contributed by atoms with Crippen molar-refractivity contribution >= 4 is 29.2 Å². The van der Waals surface area contributed by atoms with Gasteiger partial charge in [-0.25, -0.2) is 4.79 Å². The number of carbonyl (C=O) groups is 1. The van der Waals surface area contributed by atoms with Gasteiger partial charge in [-0.2, -0.15) is 0 Å². The van der Waals surface area contributed by atoms with E-state index in [1.165, 1.54) is 0 Å². The number of amides is 2. The second-order valence-electron chi connectivity index (χ2n) is 5.30. The molecule has 0 N–H and O–H groups in total. The van der Waals surface area contributed by atoms with Crippen LogP contribution in [0, 0.1) is 0 Å². The minimum atomic E-state index is -0.0920. The normalized spacial score (nSPS) is 12.7. The first kappa shape index (κ1) is 14.2. The molecule has 0 aliphatic carbocycles. The zero-order valence-corrected chi connectivity index (χ0v) is 12.9. The van der Waals surface area contributed by atoms with Crippen LogP contribution >= 0.6 is 0 Å². The van der Waals surface area contributed by atoms with Crippen LogP contribution in [0.15, 0.2) is 48.5 Å². The third kappa shape index (κ3) is 2.22. The van der Waals surface area contributed by atoms with Crippen LogP contribution in [-0.4, -0.2) is 32.1 Å². The highest BCUT2D eigenvalue weighted by Gasteiger charge is 2.27. The molecule has 4 nitrogen and oxygen atoms in total. The van der Waals surface area contributed by atoms with E-state index in [1.807, 2.05) is 54.6 Å². The van der Waals surface area contributed by atoms with Crippen LogP contribution < -0.4 is 4.90 Å².